The summed E-state index contributed by atoms with van der Waals surface area (Å²) in [4.78, 5) is 0. The van der Waals surface area contributed by atoms with Crippen molar-refractivity contribution in [2.75, 3.05) is 0 Å². The molecule has 0 radical (unpaired) electrons. The topological polar surface area (TPSA) is 0 Å². The van der Waals surface area contributed by atoms with E-state index in [1.807, 2.05) is 0 Å². The Morgan fingerprint density at radius 2 is 1.00 bits per heavy atom. The molecular weight excluding hydrogens is 191 g/mol. The van der Waals surface area contributed by atoms with Gasteiger partial charge in [-0.05, 0) is 0 Å². The molecule has 0 N–H and O–H groups in total. The van der Waals surface area contributed by atoms with Gasteiger partial charge in [-0.25, -0.2) is 22.0 Å². The lowest BCUT2D eigenvalue weighted by Gasteiger charge is -1.96. The molecule has 0 aromatic heterocycles. The van der Waals surface area contributed by atoms with Crippen LogP contribution in [-0.2, 0) is 0 Å². The molecule has 0 aliphatic heterocycles. The Labute approximate surface area is 71.3 Å². The lowest BCUT2D eigenvalue weighted by Crippen LogP contribution is -1.98. The summed E-state index contributed by atoms with van der Waals surface area (Å²) in [5.41, 5.74) is 0. The molecule has 1 aromatic carbocycles. The number of hydrogen-bond acceptors (Lipinski definition) is 0. The van der Waals surface area contributed by atoms with Crippen LogP contribution in [0.15, 0.2) is 19.2 Å². The molecule has 1 aromatic rings. The van der Waals surface area contributed by atoms with E-state index in [1.165, 1.54) is 0 Å². The van der Waals surface area contributed by atoms with Crippen LogP contribution in [0.2, 0.25) is 0 Å². The zero-order valence-electron chi connectivity index (χ0n) is 6.38. The Balaban J connectivity index is 0.000000671. The summed E-state index contributed by atoms with van der Waals surface area (Å²) in [5, 5.41) is 0. The molecule has 0 unspecified atom stereocenters. The zero-order valence-corrected chi connectivity index (χ0v) is 6.38. The van der Waals surface area contributed by atoms with Gasteiger partial charge in [-0.3, -0.25) is 0 Å². The van der Waals surface area contributed by atoms with Crippen molar-refractivity contribution >= 4 is 0 Å². The van der Waals surface area contributed by atoms with Crippen molar-refractivity contribution in [3.05, 3.63) is 48.3 Å². The van der Waals surface area contributed by atoms with Crippen LogP contribution >= 0.6 is 0 Å². The average molecular weight is 196 g/mol. The van der Waals surface area contributed by atoms with Crippen LogP contribution in [0.1, 0.15) is 0 Å². The van der Waals surface area contributed by atoms with Crippen LogP contribution < -0.4 is 0 Å². The molecule has 1 rings (SSSR count). The highest BCUT2D eigenvalue weighted by Gasteiger charge is 2.18. The highest BCUT2D eigenvalue weighted by atomic mass is 19.2. The minimum Gasteiger partial charge on any atom is -0.204 e. The zero-order chi connectivity index (χ0) is 10.6. The third kappa shape index (κ3) is 2.27. The molecular formula is C8H5F5. The molecule has 0 aliphatic carbocycles. The smallest absolute Gasteiger partial charge is 0.200 e. The SMILES string of the molecule is C=C.Fc1cc(F)c(F)c(F)c1F. The summed E-state index contributed by atoms with van der Waals surface area (Å²) in [6.07, 6.45) is 0. The van der Waals surface area contributed by atoms with E-state index in [-0.39, 0.29) is 6.07 Å². The number of benzene rings is 1. The fourth-order valence-corrected chi connectivity index (χ4v) is 0.544. The van der Waals surface area contributed by atoms with E-state index in [0.29, 0.717) is 0 Å². The molecule has 0 spiro atoms. The first kappa shape index (κ1) is 11.6. The second kappa shape index (κ2) is 4.59. The van der Waals surface area contributed by atoms with Gasteiger partial charge in [0.25, 0.3) is 0 Å². The van der Waals surface area contributed by atoms with Gasteiger partial charge in [-0.1, -0.05) is 0 Å². The van der Waals surface area contributed by atoms with E-state index in [1.54, 1.807) is 0 Å². The number of rotatable bonds is 0. The third-order valence-corrected chi connectivity index (χ3v) is 1.06. The van der Waals surface area contributed by atoms with Crippen LogP contribution in [0.4, 0.5) is 22.0 Å². The van der Waals surface area contributed by atoms with E-state index >= 15 is 0 Å². The molecule has 0 saturated heterocycles. The number of halogens is 5. The van der Waals surface area contributed by atoms with Crippen LogP contribution in [0.3, 0.4) is 0 Å². The van der Waals surface area contributed by atoms with Crippen LogP contribution in [0, 0.1) is 29.1 Å². The Hall–Kier alpha value is -1.39. The minimum atomic E-state index is -2.14. The van der Waals surface area contributed by atoms with E-state index in [0.717, 1.165) is 0 Å². The monoisotopic (exact) mass is 196 g/mol. The summed E-state index contributed by atoms with van der Waals surface area (Å²) in [6.45, 7) is 6.00. The van der Waals surface area contributed by atoms with Gasteiger partial charge in [0.1, 0.15) is 0 Å². The fourth-order valence-electron chi connectivity index (χ4n) is 0.544. The van der Waals surface area contributed by atoms with E-state index in [2.05, 4.69) is 13.2 Å². The summed E-state index contributed by atoms with van der Waals surface area (Å²) in [6, 6.07) is -0.0618. The maximum Gasteiger partial charge on any atom is 0.200 e. The summed E-state index contributed by atoms with van der Waals surface area (Å²) < 4.78 is 60.0. The van der Waals surface area contributed by atoms with Crippen molar-refractivity contribution in [2.24, 2.45) is 0 Å². The van der Waals surface area contributed by atoms with Gasteiger partial charge in [-0.2, -0.15) is 0 Å². The highest BCUT2D eigenvalue weighted by molar-refractivity contribution is 5.12. The van der Waals surface area contributed by atoms with Gasteiger partial charge in [0.2, 0.25) is 5.82 Å². The Kier molecular flexibility index (Phi) is 4.10. The molecule has 0 fully saturated rings. The van der Waals surface area contributed by atoms with Crippen molar-refractivity contribution in [3.63, 3.8) is 0 Å². The normalized spacial score (nSPS) is 9.00. The van der Waals surface area contributed by atoms with E-state index in [9.17, 15) is 22.0 Å². The Bertz CT molecular complexity index is 282. The quantitative estimate of drug-likeness (QED) is 0.259. The molecule has 0 aliphatic rings. The van der Waals surface area contributed by atoms with Crippen LogP contribution in [0.25, 0.3) is 0 Å². The third-order valence-electron chi connectivity index (χ3n) is 1.06. The van der Waals surface area contributed by atoms with E-state index < -0.39 is 29.1 Å². The van der Waals surface area contributed by atoms with Crippen molar-refractivity contribution in [1.29, 1.82) is 0 Å². The molecule has 72 valence electrons. The van der Waals surface area contributed by atoms with Crippen molar-refractivity contribution < 1.29 is 22.0 Å². The second-order valence-corrected chi connectivity index (χ2v) is 1.78. The molecule has 0 heterocycles. The van der Waals surface area contributed by atoms with Crippen molar-refractivity contribution in [1.82, 2.24) is 0 Å². The highest BCUT2D eigenvalue weighted by Crippen LogP contribution is 2.16. The van der Waals surface area contributed by atoms with Gasteiger partial charge in [0.15, 0.2) is 23.3 Å². The van der Waals surface area contributed by atoms with Gasteiger partial charge < -0.3 is 0 Å². The first-order chi connectivity index (χ1) is 6.04. The summed E-state index contributed by atoms with van der Waals surface area (Å²) in [5.74, 6) is -9.65. The van der Waals surface area contributed by atoms with Crippen LogP contribution in [-0.4, -0.2) is 0 Å². The lowest BCUT2D eigenvalue weighted by molar-refractivity contribution is 0.378. The van der Waals surface area contributed by atoms with Gasteiger partial charge in [0.05, 0.1) is 0 Å². The maximum absolute atomic E-state index is 12.0. The predicted octanol–water partition coefficient (Wildman–Crippen LogP) is 3.18. The predicted molar refractivity (Wildman–Crippen MR) is 37.5 cm³/mol. The molecule has 0 amide bonds. The van der Waals surface area contributed by atoms with Crippen LogP contribution in [0.5, 0.6) is 0 Å². The maximum atomic E-state index is 12.0. The summed E-state index contributed by atoms with van der Waals surface area (Å²) in [7, 11) is 0. The van der Waals surface area contributed by atoms with Gasteiger partial charge in [-0.15, -0.1) is 13.2 Å². The standard InChI is InChI=1S/C6HF5.C2H4/c7-2-1-3(8)5(10)6(11)4(2)9;1-2/h1H;1-2H2. The Morgan fingerprint density at radius 3 is 1.31 bits per heavy atom. The second-order valence-electron chi connectivity index (χ2n) is 1.78. The van der Waals surface area contributed by atoms with Gasteiger partial charge in [0, 0.05) is 6.07 Å². The van der Waals surface area contributed by atoms with Gasteiger partial charge >= 0.3 is 0 Å². The first-order valence-electron chi connectivity index (χ1n) is 3.02. The summed E-state index contributed by atoms with van der Waals surface area (Å²) >= 11 is 0. The largest absolute Gasteiger partial charge is 0.204 e. The molecule has 13 heavy (non-hydrogen) atoms. The van der Waals surface area contributed by atoms with Crippen molar-refractivity contribution in [3.8, 4) is 0 Å². The Morgan fingerprint density at radius 1 is 0.692 bits per heavy atom. The van der Waals surface area contributed by atoms with Crippen molar-refractivity contribution in [2.45, 2.75) is 0 Å². The molecule has 0 bridgehead atoms. The number of hydrogen-bond donors (Lipinski definition) is 0. The molecule has 0 atom stereocenters. The molecule has 5 heteroatoms. The van der Waals surface area contributed by atoms with E-state index in [4.69, 9.17) is 0 Å². The fraction of sp³-hybridized carbons (Fsp3) is 0. The minimum absolute atomic E-state index is 0.0618. The lowest BCUT2D eigenvalue weighted by atomic mass is 10.3. The molecule has 0 saturated carbocycles. The first-order valence-corrected chi connectivity index (χ1v) is 3.02. The average Bonchev–Trinajstić information content (AvgIpc) is 2.15. The molecule has 0 nitrogen and oxygen atoms in total.